The van der Waals surface area contributed by atoms with Crippen LogP contribution in [-0.4, -0.2) is 21.1 Å². The van der Waals surface area contributed by atoms with Crippen molar-refractivity contribution in [3.63, 3.8) is 0 Å². The SMILES string of the molecule is C#CC(C)(C)NS(=O)(=O)c1ccc(N)cc1OC. The van der Waals surface area contributed by atoms with E-state index in [1.165, 1.54) is 25.3 Å². The van der Waals surface area contributed by atoms with Crippen molar-refractivity contribution in [3.8, 4) is 18.1 Å². The molecule has 0 aromatic heterocycles. The Labute approximate surface area is 107 Å². The number of sulfonamides is 1. The molecular formula is C12H16N2O3S. The number of nitrogens with one attached hydrogen (secondary N) is 1. The fourth-order valence-electron chi connectivity index (χ4n) is 1.33. The smallest absolute Gasteiger partial charge is 0.245 e. The van der Waals surface area contributed by atoms with Crippen molar-refractivity contribution in [1.29, 1.82) is 0 Å². The summed E-state index contributed by atoms with van der Waals surface area (Å²) in [6, 6.07) is 4.31. The van der Waals surface area contributed by atoms with Crippen molar-refractivity contribution in [3.05, 3.63) is 18.2 Å². The van der Waals surface area contributed by atoms with Crippen molar-refractivity contribution in [2.24, 2.45) is 0 Å². The molecule has 0 radical (unpaired) electrons. The fourth-order valence-corrected chi connectivity index (χ4v) is 2.82. The van der Waals surface area contributed by atoms with Crippen molar-refractivity contribution < 1.29 is 13.2 Å². The van der Waals surface area contributed by atoms with Gasteiger partial charge in [-0.3, -0.25) is 0 Å². The number of hydrogen-bond acceptors (Lipinski definition) is 4. The molecule has 0 atom stereocenters. The molecule has 1 aromatic rings. The molecule has 0 saturated heterocycles. The third-order valence-electron chi connectivity index (χ3n) is 2.23. The zero-order valence-electron chi connectivity index (χ0n) is 10.5. The van der Waals surface area contributed by atoms with E-state index in [1.54, 1.807) is 13.8 Å². The Morgan fingerprint density at radius 3 is 2.56 bits per heavy atom. The van der Waals surface area contributed by atoms with Crippen LogP contribution in [0.4, 0.5) is 5.69 Å². The number of hydrogen-bond donors (Lipinski definition) is 2. The third kappa shape index (κ3) is 3.15. The molecule has 0 aliphatic heterocycles. The zero-order chi connectivity index (χ0) is 14.0. The molecule has 1 rings (SSSR count). The number of nitrogens with two attached hydrogens (primary N) is 1. The molecule has 0 aliphatic rings. The lowest BCUT2D eigenvalue weighted by molar-refractivity contribution is 0.402. The maximum absolute atomic E-state index is 12.2. The lowest BCUT2D eigenvalue weighted by Gasteiger charge is -2.20. The summed E-state index contributed by atoms with van der Waals surface area (Å²) in [5.41, 5.74) is 5.01. The minimum Gasteiger partial charge on any atom is -0.495 e. The molecule has 0 aliphatic carbocycles. The highest BCUT2D eigenvalue weighted by atomic mass is 32.2. The molecule has 0 amide bonds. The molecule has 0 heterocycles. The molecule has 0 saturated carbocycles. The Morgan fingerprint density at radius 2 is 2.06 bits per heavy atom. The molecule has 98 valence electrons. The second-order valence-electron chi connectivity index (χ2n) is 4.29. The highest BCUT2D eigenvalue weighted by Crippen LogP contribution is 2.26. The van der Waals surface area contributed by atoms with Crippen LogP contribution in [0, 0.1) is 12.3 Å². The standard InChI is InChI=1S/C12H16N2O3S/c1-5-12(2,3)14-18(15,16)11-7-6-9(13)8-10(11)17-4/h1,6-8,14H,13H2,2-4H3. The van der Waals surface area contributed by atoms with Crippen molar-refractivity contribution in [2.75, 3.05) is 12.8 Å². The third-order valence-corrected chi connectivity index (χ3v) is 3.92. The highest BCUT2D eigenvalue weighted by molar-refractivity contribution is 7.89. The lowest BCUT2D eigenvalue weighted by Crippen LogP contribution is -2.42. The first kappa shape index (κ1) is 14.4. The van der Waals surface area contributed by atoms with Crippen molar-refractivity contribution in [2.45, 2.75) is 24.3 Å². The number of nitrogen functional groups attached to an aromatic ring is 1. The first-order valence-electron chi connectivity index (χ1n) is 5.17. The minimum atomic E-state index is -3.76. The van der Waals surface area contributed by atoms with E-state index in [9.17, 15) is 8.42 Å². The molecule has 0 spiro atoms. The molecule has 3 N–H and O–H groups in total. The first-order chi connectivity index (χ1) is 8.22. The predicted molar refractivity (Wildman–Crippen MR) is 70.6 cm³/mol. The number of terminal acetylenes is 1. The number of ether oxygens (including phenoxy) is 1. The van der Waals surface area contributed by atoms with Crippen LogP contribution < -0.4 is 15.2 Å². The van der Waals surface area contributed by atoms with Crippen LogP contribution in [0.25, 0.3) is 0 Å². The Balaban J connectivity index is 3.26. The summed E-state index contributed by atoms with van der Waals surface area (Å²) in [7, 11) is -2.39. The van der Waals surface area contributed by atoms with Gasteiger partial charge in [-0.15, -0.1) is 6.42 Å². The normalized spacial score (nSPS) is 11.9. The Morgan fingerprint density at radius 1 is 1.44 bits per heavy atom. The number of methoxy groups -OCH3 is 1. The number of anilines is 1. The predicted octanol–water partition coefficient (Wildman–Crippen LogP) is 0.968. The van der Waals surface area contributed by atoms with E-state index in [-0.39, 0.29) is 10.6 Å². The molecule has 18 heavy (non-hydrogen) atoms. The van der Waals surface area contributed by atoms with Crippen LogP contribution in [0.15, 0.2) is 23.1 Å². The van der Waals surface area contributed by atoms with E-state index < -0.39 is 15.6 Å². The Bertz CT molecular complexity index is 586. The van der Waals surface area contributed by atoms with Gasteiger partial charge in [-0.05, 0) is 26.0 Å². The summed E-state index contributed by atoms with van der Waals surface area (Å²) in [5, 5.41) is 0. The van der Waals surface area contributed by atoms with Crippen LogP contribution in [0.1, 0.15) is 13.8 Å². The summed E-state index contributed by atoms with van der Waals surface area (Å²) in [6.07, 6.45) is 5.26. The van der Waals surface area contributed by atoms with Gasteiger partial charge in [0.1, 0.15) is 10.6 Å². The van der Waals surface area contributed by atoms with Gasteiger partial charge in [0.05, 0.1) is 12.6 Å². The van der Waals surface area contributed by atoms with Gasteiger partial charge >= 0.3 is 0 Å². The van der Waals surface area contributed by atoms with Crippen LogP contribution in [0.3, 0.4) is 0 Å². The van der Waals surface area contributed by atoms with Crippen LogP contribution in [0.2, 0.25) is 0 Å². The van der Waals surface area contributed by atoms with Gasteiger partial charge in [0.15, 0.2) is 0 Å². The van der Waals surface area contributed by atoms with Gasteiger partial charge in [0.2, 0.25) is 10.0 Å². The van der Waals surface area contributed by atoms with Crippen LogP contribution in [-0.2, 0) is 10.0 Å². The van der Waals surface area contributed by atoms with Gasteiger partial charge in [-0.2, -0.15) is 4.72 Å². The van der Waals surface area contributed by atoms with Gasteiger partial charge < -0.3 is 10.5 Å². The van der Waals surface area contributed by atoms with E-state index in [0.29, 0.717) is 5.69 Å². The monoisotopic (exact) mass is 268 g/mol. The molecule has 5 nitrogen and oxygen atoms in total. The van der Waals surface area contributed by atoms with Gasteiger partial charge in [0, 0.05) is 11.8 Å². The molecular weight excluding hydrogens is 252 g/mol. The molecule has 6 heteroatoms. The minimum absolute atomic E-state index is 0.00234. The van der Waals surface area contributed by atoms with Crippen molar-refractivity contribution >= 4 is 15.7 Å². The van der Waals surface area contributed by atoms with E-state index in [2.05, 4.69) is 10.6 Å². The highest BCUT2D eigenvalue weighted by Gasteiger charge is 2.26. The van der Waals surface area contributed by atoms with E-state index in [1.807, 2.05) is 0 Å². The average molecular weight is 268 g/mol. The zero-order valence-corrected chi connectivity index (χ0v) is 11.3. The summed E-state index contributed by atoms with van der Waals surface area (Å²) in [6.45, 7) is 3.18. The maximum atomic E-state index is 12.2. The van der Waals surface area contributed by atoms with Crippen LogP contribution in [0.5, 0.6) is 5.75 Å². The molecule has 1 aromatic carbocycles. The summed E-state index contributed by atoms with van der Waals surface area (Å²) < 4.78 is 31.8. The van der Waals surface area contributed by atoms with Crippen LogP contribution >= 0.6 is 0 Å². The largest absolute Gasteiger partial charge is 0.495 e. The van der Waals surface area contributed by atoms with E-state index in [0.717, 1.165) is 0 Å². The molecule has 0 unspecified atom stereocenters. The maximum Gasteiger partial charge on any atom is 0.245 e. The lowest BCUT2D eigenvalue weighted by atomic mass is 10.1. The topological polar surface area (TPSA) is 81.4 Å². The quantitative estimate of drug-likeness (QED) is 0.629. The van der Waals surface area contributed by atoms with Gasteiger partial charge in [-0.25, -0.2) is 8.42 Å². The van der Waals surface area contributed by atoms with Gasteiger partial charge in [-0.1, -0.05) is 5.92 Å². The summed E-state index contributed by atoms with van der Waals surface area (Å²) in [5.74, 6) is 2.54. The van der Waals surface area contributed by atoms with E-state index in [4.69, 9.17) is 16.9 Å². The summed E-state index contributed by atoms with van der Waals surface area (Å²) >= 11 is 0. The summed E-state index contributed by atoms with van der Waals surface area (Å²) in [4.78, 5) is 0.00234. The fraction of sp³-hybridized carbons (Fsp3) is 0.333. The van der Waals surface area contributed by atoms with E-state index >= 15 is 0 Å². The van der Waals surface area contributed by atoms with Crippen molar-refractivity contribution in [1.82, 2.24) is 4.72 Å². The average Bonchev–Trinajstić information content (AvgIpc) is 2.27. The number of rotatable bonds is 4. The molecule has 0 bridgehead atoms. The Hall–Kier alpha value is -1.71. The second-order valence-corrected chi connectivity index (χ2v) is 5.94. The second kappa shape index (κ2) is 4.88. The number of benzene rings is 1. The first-order valence-corrected chi connectivity index (χ1v) is 6.65. The molecule has 0 fully saturated rings. The van der Waals surface area contributed by atoms with Gasteiger partial charge in [0.25, 0.3) is 0 Å². The Kier molecular flexibility index (Phi) is 3.89.